The van der Waals surface area contributed by atoms with Crippen molar-refractivity contribution in [1.29, 1.82) is 0 Å². The lowest BCUT2D eigenvalue weighted by Crippen LogP contribution is -2.38. The number of imide groups is 1. The van der Waals surface area contributed by atoms with E-state index >= 15 is 0 Å². The second kappa shape index (κ2) is 6.66. The zero-order valence-corrected chi connectivity index (χ0v) is 13.1. The zero-order chi connectivity index (χ0) is 16.3. The molecule has 1 aliphatic heterocycles. The van der Waals surface area contributed by atoms with Gasteiger partial charge in [0.05, 0.1) is 7.11 Å². The largest absolute Gasteiger partial charge is 0.447 e. The van der Waals surface area contributed by atoms with Crippen LogP contribution in [0.5, 0.6) is 5.19 Å². The number of carbonyl (C=O) groups excluding carboxylic acids is 3. The summed E-state index contributed by atoms with van der Waals surface area (Å²) in [6.45, 7) is -0.206. The molecule has 1 aromatic heterocycles. The Morgan fingerprint density at radius 3 is 2.50 bits per heavy atom. The number of aromatic nitrogens is 2. The average Bonchev–Trinajstić information content (AvgIpc) is 3.10. The lowest BCUT2D eigenvalue weighted by molar-refractivity contribution is -0.141. The third-order valence-electron chi connectivity index (χ3n) is 2.98. The molecule has 10 nitrogen and oxygen atoms in total. The van der Waals surface area contributed by atoms with Crippen molar-refractivity contribution >= 4 is 34.3 Å². The SMILES string of the molecule is CON(C)C(=O)N(C)c1nnc(OCN2C(=O)CCC2=O)s1. The quantitative estimate of drug-likeness (QED) is 0.556. The molecule has 0 aromatic carbocycles. The summed E-state index contributed by atoms with van der Waals surface area (Å²) in [5.41, 5.74) is 0. The van der Waals surface area contributed by atoms with Crippen LogP contribution in [0.25, 0.3) is 0 Å². The smallest absolute Gasteiger partial charge is 0.349 e. The molecule has 120 valence electrons. The molecule has 11 heteroatoms. The van der Waals surface area contributed by atoms with Crippen LogP contribution < -0.4 is 9.64 Å². The second-order valence-electron chi connectivity index (χ2n) is 4.36. The van der Waals surface area contributed by atoms with E-state index in [1.165, 1.54) is 26.1 Å². The fraction of sp³-hybridized carbons (Fsp3) is 0.545. The molecule has 1 aliphatic rings. The normalized spacial score (nSPS) is 14.4. The van der Waals surface area contributed by atoms with Gasteiger partial charge in [-0.25, -0.2) is 14.8 Å². The zero-order valence-electron chi connectivity index (χ0n) is 12.3. The lowest BCUT2D eigenvalue weighted by Gasteiger charge is -2.19. The predicted molar refractivity (Wildman–Crippen MR) is 75.1 cm³/mol. The summed E-state index contributed by atoms with van der Waals surface area (Å²) in [6, 6.07) is -0.435. The standard InChI is InChI=1S/C11H15N5O5S/c1-14(11(19)15(2)20-3)9-12-13-10(22-9)21-6-16-7(17)4-5-8(16)18/h4-6H2,1-3H3. The molecule has 0 atom stereocenters. The van der Waals surface area contributed by atoms with Crippen molar-refractivity contribution in [2.75, 3.05) is 32.8 Å². The van der Waals surface area contributed by atoms with Gasteiger partial charge in [-0.15, -0.1) is 5.10 Å². The maximum Gasteiger partial charge on any atom is 0.349 e. The van der Waals surface area contributed by atoms with Crippen LogP contribution in [0.1, 0.15) is 12.8 Å². The van der Waals surface area contributed by atoms with Crippen LogP contribution in [0.2, 0.25) is 0 Å². The minimum Gasteiger partial charge on any atom is -0.447 e. The van der Waals surface area contributed by atoms with Gasteiger partial charge in [0.15, 0.2) is 6.73 Å². The number of ether oxygens (including phenoxy) is 1. The van der Waals surface area contributed by atoms with Crippen LogP contribution in [0, 0.1) is 0 Å². The van der Waals surface area contributed by atoms with Gasteiger partial charge in [0.25, 0.3) is 5.19 Å². The molecule has 0 saturated carbocycles. The first-order valence-electron chi connectivity index (χ1n) is 6.29. The first-order valence-corrected chi connectivity index (χ1v) is 7.10. The average molecular weight is 329 g/mol. The fourth-order valence-corrected chi connectivity index (χ4v) is 2.30. The summed E-state index contributed by atoms with van der Waals surface area (Å²) in [7, 11) is 4.34. The van der Waals surface area contributed by atoms with Crippen LogP contribution in [0.15, 0.2) is 0 Å². The maximum atomic E-state index is 11.9. The number of likely N-dealkylation sites (tertiary alicyclic amines) is 1. The van der Waals surface area contributed by atoms with Crippen LogP contribution in [0.4, 0.5) is 9.93 Å². The van der Waals surface area contributed by atoms with Crippen molar-refractivity contribution in [2.24, 2.45) is 0 Å². The van der Waals surface area contributed by atoms with E-state index in [2.05, 4.69) is 10.2 Å². The molecule has 2 heterocycles. The summed E-state index contributed by atoms with van der Waals surface area (Å²) in [5.74, 6) is -0.549. The van der Waals surface area contributed by atoms with E-state index in [-0.39, 0.29) is 36.6 Å². The number of rotatable bonds is 5. The molecule has 0 unspecified atom stereocenters. The van der Waals surface area contributed by atoms with Gasteiger partial charge >= 0.3 is 6.03 Å². The van der Waals surface area contributed by atoms with Crippen LogP contribution in [0.3, 0.4) is 0 Å². The van der Waals surface area contributed by atoms with Gasteiger partial charge in [-0.2, -0.15) is 0 Å². The molecule has 22 heavy (non-hydrogen) atoms. The molecule has 0 aliphatic carbocycles. The number of hydrogen-bond donors (Lipinski definition) is 0. The number of urea groups is 1. The van der Waals surface area contributed by atoms with Crippen LogP contribution in [-0.2, 0) is 14.4 Å². The topological polar surface area (TPSA) is 105 Å². The molecular weight excluding hydrogens is 314 g/mol. The highest BCUT2D eigenvalue weighted by Crippen LogP contribution is 2.26. The van der Waals surface area contributed by atoms with E-state index in [1.807, 2.05) is 0 Å². The van der Waals surface area contributed by atoms with Gasteiger partial charge in [0, 0.05) is 26.9 Å². The van der Waals surface area contributed by atoms with Crippen molar-refractivity contribution in [1.82, 2.24) is 20.2 Å². The maximum absolute atomic E-state index is 11.9. The number of nitrogens with zero attached hydrogens (tertiary/aromatic N) is 5. The predicted octanol–water partition coefficient (Wildman–Crippen LogP) is 0.0728. The minimum atomic E-state index is -0.435. The molecular formula is C11H15N5O5S. The molecule has 0 bridgehead atoms. The van der Waals surface area contributed by atoms with Crippen molar-refractivity contribution in [2.45, 2.75) is 12.8 Å². The fourth-order valence-electron chi connectivity index (χ4n) is 1.65. The summed E-state index contributed by atoms with van der Waals surface area (Å²) in [6.07, 6.45) is 0.397. The van der Waals surface area contributed by atoms with Crippen molar-refractivity contribution < 1.29 is 24.0 Å². The number of hydrogen-bond acceptors (Lipinski definition) is 8. The molecule has 1 aromatic rings. The highest BCUT2D eigenvalue weighted by molar-refractivity contribution is 7.17. The highest BCUT2D eigenvalue weighted by atomic mass is 32.1. The summed E-state index contributed by atoms with van der Waals surface area (Å²) in [4.78, 5) is 41.8. The Hall–Kier alpha value is -2.27. The Morgan fingerprint density at radius 1 is 1.27 bits per heavy atom. The van der Waals surface area contributed by atoms with E-state index in [1.54, 1.807) is 0 Å². The number of amides is 4. The second-order valence-corrected chi connectivity index (χ2v) is 5.28. The first-order chi connectivity index (χ1) is 10.4. The molecule has 0 spiro atoms. The molecule has 4 amide bonds. The number of anilines is 1. The Balaban J connectivity index is 1.95. The monoisotopic (exact) mass is 329 g/mol. The van der Waals surface area contributed by atoms with E-state index in [4.69, 9.17) is 9.57 Å². The Labute approximate surface area is 130 Å². The third-order valence-corrected chi connectivity index (χ3v) is 3.90. The highest BCUT2D eigenvalue weighted by Gasteiger charge is 2.29. The van der Waals surface area contributed by atoms with Crippen LogP contribution in [-0.4, -0.2) is 65.9 Å². The van der Waals surface area contributed by atoms with E-state index in [9.17, 15) is 14.4 Å². The molecule has 1 saturated heterocycles. The Morgan fingerprint density at radius 2 is 1.91 bits per heavy atom. The lowest BCUT2D eigenvalue weighted by atomic mass is 10.4. The Bertz CT molecular complexity index is 575. The third kappa shape index (κ3) is 3.31. The van der Waals surface area contributed by atoms with Gasteiger partial charge in [-0.3, -0.25) is 19.3 Å². The van der Waals surface area contributed by atoms with Gasteiger partial charge in [-0.05, 0) is 11.3 Å². The minimum absolute atomic E-state index is 0.155. The molecule has 0 N–H and O–H groups in total. The van der Waals surface area contributed by atoms with Gasteiger partial charge < -0.3 is 4.74 Å². The van der Waals surface area contributed by atoms with Gasteiger partial charge in [0.2, 0.25) is 16.9 Å². The summed E-state index contributed by atoms with van der Waals surface area (Å²) in [5, 5.41) is 9.06. The molecule has 1 fully saturated rings. The van der Waals surface area contributed by atoms with Crippen molar-refractivity contribution in [3.63, 3.8) is 0 Å². The first kappa shape index (κ1) is 16.1. The van der Waals surface area contributed by atoms with E-state index < -0.39 is 6.03 Å². The number of hydroxylamine groups is 2. The Kier molecular flexibility index (Phi) is 4.88. The van der Waals surface area contributed by atoms with E-state index in [0.717, 1.165) is 21.3 Å². The summed E-state index contributed by atoms with van der Waals surface area (Å²) >= 11 is 1.01. The molecule has 2 rings (SSSR count). The van der Waals surface area contributed by atoms with Gasteiger partial charge in [0.1, 0.15) is 0 Å². The van der Waals surface area contributed by atoms with Crippen molar-refractivity contribution in [3.8, 4) is 5.19 Å². The van der Waals surface area contributed by atoms with Crippen molar-refractivity contribution in [3.05, 3.63) is 0 Å². The van der Waals surface area contributed by atoms with Crippen LogP contribution >= 0.6 is 11.3 Å². The van der Waals surface area contributed by atoms with Gasteiger partial charge in [-0.1, -0.05) is 5.10 Å². The molecule has 0 radical (unpaired) electrons. The summed E-state index contributed by atoms with van der Waals surface area (Å²) < 4.78 is 5.27. The number of carbonyl (C=O) groups is 3. The van der Waals surface area contributed by atoms with E-state index in [0.29, 0.717) is 5.13 Å².